The van der Waals surface area contributed by atoms with E-state index >= 15 is 0 Å². The molecule has 5 rings (SSSR count). The first-order valence-electron chi connectivity index (χ1n) is 9.86. The van der Waals surface area contributed by atoms with Gasteiger partial charge in [-0.15, -0.1) is 11.3 Å². The molecule has 0 fully saturated rings. The van der Waals surface area contributed by atoms with Crippen LogP contribution in [-0.4, -0.2) is 16.8 Å². The average Bonchev–Trinajstić information content (AvgIpc) is 3.49. The molecule has 0 aliphatic carbocycles. The first kappa shape index (κ1) is 19.3. The van der Waals surface area contributed by atoms with Crippen LogP contribution in [0.3, 0.4) is 0 Å². The van der Waals surface area contributed by atoms with Gasteiger partial charge in [-0.05, 0) is 60.7 Å². The molecule has 31 heavy (non-hydrogen) atoms. The third kappa shape index (κ3) is 3.07. The molecule has 1 amide bonds. The second-order valence-electron chi connectivity index (χ2n) is 7.60. The van der Waals surface area contributed by atoms with Gasteiger partial charge in [-0.3, -0.25) is 14.5 Å². The lowest BCUT2D eigenvalue weighted by molar-refractivity contribution is -0.117. The molecule has 3 heterocycles. The Kier molecular flexibility index (Phi) is 4.52. The highest BCUT2D eigenvalue weighted by Gasteiger charge is 2.45. The number of rotatable bonds is 4. The van der Waals surface area contributed by atoms with Crippen LogP contribution in [0.25, 0.3) is 11.0 Å². The highest BCUT2D eigenvalue weighted by atomic mass is 32.1. The first-order valence-corrected chi connectivity index (χ1v) is 10.7. The minimum Gasteiger partial charge on any atom is -0.503 e. The number of nitrogens with zero attached hydrogens (tertiary/aromatic N) is 1. The SMILES string of the molecule is Cc1ccc(N2C(=O)C(O)=C(C(=O)c3cc4ccccc4o3)C2c2cccs2)cc1C. The molecule has 1 aliphatic rings. The lowest BCUT2D eigenvalue weighted by Crippen LogP contribution is -2.30. The summed E-state index contributed by atoms with van der Waals surface area (Å²) in [4.78, 5) is 28.9. The number of carbonyl (C=O) groups excluding carboxylic acids is 2. The number of aliphatic hydroxyl groups excluding tert-OH is 1. The van der Waals surface area contributed by atoms with E-state index in [0.717, 1.165) is 21.4 Å². The number of aliphatic hydroxyl groups is 1. The number of Topliss-reactive ketones (excluding diaryl/α,β-unsaturated/α-hetero) is 1. The van der Waals surface area contributed by atoms with E-state index in [1.54, 1.807) is 12.1 Å². The summed E-state index contributed by atoms with van der Waals surface area (Å²) in [6.45, 7) is 3.96. The van der Waals surface area contributed by atoms with Gasteiger partial charge in [-0.25, -0.2) is 0 Å². The number of ketones is 1. The van der Waals surface area contributed by atoms with E-state index in [9.17, 15) is 14.7 Å². The molecule has 1 aliphatic heterocycles. The van der Waals surface area contributed by atoms with Crippen LogP contribution in [0, 0.1) is 13.8 Å². The van der Waals surface area contributed by atoms with Gasteiger partial charge in [0.1, 0.15) is 11.6 Å². The minimum absolute atomic E-state index is 0.0322. The predicted molar refractivity (Wildman–Crippen MR) is 121 cm³/mol. The van der Waals surface area contributed by atoms with E-state index in [-0.39, 0.29) is 11.3 Å². The summed E-state index contributed by atoms with van der Waals surface area (Å²) in [5.74, 6) is -1.53. The van der Waals surface area contributed by atoms with Crippen LogP contribution in [0.15, 0.2) is 81.8 Å². The van der Waals surface area contributed by atoms with Gasteiger partial charge in [0.15, 0.2) is 11.5 Å². The standard InChI is InChI=1S/C25H19NO4S/c1-14-9-10-17(12-15(14)2)26-22(20-8-5-11-31-20)21(24(28)25(26)29)23(27)19-13-16-6-3-4-7-18(16)30-19/h3-13,22,28H,1-2H3. The Morgan fingerprint density at radius 1 is 1.03 bits per heavy atom. The van der Waals surface area contributed by atoms with Crippen molar-refractivity contribution in [2.45, 2.75) is 19.9 Å². The van der Waals surface area contributed by atoms with Crippen molar-refractivity contribution < 1.29 is 19.1 Å². The van der Waals surface area contributed by atoms with Crippen molar-refractivity contribution in [1.82, 2.24) is 0 Å². The zero-order valence-corrected chi connectivity index (χ0v) is 17.8. The van der Waals surface area contributed by atoms with E-state index in [4.69, 9.17) is 4.42 Å². The second kappa shape index (κ2) is 7.25. The zero-order valence-electron chi connectivity index (χ0n) is 17.0. The molecule has 154 valence electrons. The maximum atomic E-state index is 13.5. The van der Waals surface area contributed by atoms with Crippen LogP contribution in [0.4, 0.5) is 5.69 Å². The molecule has 6 heteroatoms. The Labute approximate surface area is 182 Å². The van der Waals surface area contributed by atoms with E-state index in [1.807, 2.05) is 67.8 Å². The molecule has 0 spiro atoms. The smallest absolute Gasteiger partial charge is 0.294 e. The van der Waals surface area contributed by atoms with Gasteiger partial charge in [0.05, 0.1) is 5.57 Å². The Morgan fingerprint density at radius 3 is 2.55 bits per heavy atom. The largest absolute Gasteiger partial charge is 0.503 e. The molecule has 1 unspecified atom stereocenters. The quantitative estimate of drug-likeness (QED) is 0.410. The minimum atomic E-state index is -0.727. The molecule has 2 aromatic carbocycles. The fourth-order valence-corrected chi connectivity index (χ4v) is 4.75. The number of carbonyl (C=O) groups is 2. The molecule has 1 atom stereocenters. The lowest BCUT2D eigenvalue weighted by Gasteiger charge is -2.26. The number of hydrogen-bond acceptors (Lipinski definition) is 5. The van der Waals surface area contributed by atoms with E-state index in [0.29, 0.717) is 11.3 Å². The number of hydrogen-bond donors (Lipinski definition) is 1. The fraction of sp³-hybridized carbons (Fsp3) is 0.120. The summed E-state index contributed by atoms with van der Waals surface area (Å²) in [6.07, 6.45) is 0. The third-order valence-corrected chi connectivity index (χ3v) is 6.61. The van der Waals surface area contributed by atoms with Crippen molar-refractivity contribution in [3.05, 3.63) is 99.1 Å². The fourth-order valence-electron chi connectivity index (χ4n) is 3.92. The highest BCUT2D eigenvalue weighted by Crippen LogP contribution is 2.44. The van der Waals surface area contributed by atoms with Crippen molar-refractivity contribution >= 4 is 39.7 Å². The normalized spacial score (nSPS) is 16.5. The van der Waals surface area contributed by atoms with Gasteiger partial charge in [-0.2, -0.15) is 0 Å². The van der Waals surface area contributed by atoms with Gasteiger partial charge in [-0.1, -0.05) is 30.3 Å². The maximum Gasteiger partial charge on any atom is 0.294 e. The van der Waals surface area contributed by atoms with Crippen LogP contribution in [0.2, 0.25) is 0 Å². The summed E-state index contributed by atoms with van der Waals surface area (Å²) < 4.78 is 5.75. The Morgan fingerprint density at radius 2 is 1.84 bits per heavy atom. The third-order valence-electron chi connectivity index (χ3n) is 5.68. The van der Waals surface area contributed by atoms with Gasteiger partial charge in [0.2, 0.25) is 5.78 Å². The maximum absolute atomic E-state index is 13.5. The van der Waals surface area contributed by atoms with Gasteiger partial charge >= 0.3 is 0 Å². The van der Waals surface area contributed by atoms with E-state index in [1.165, 1.54) is 16.2 Å². The van der Waals surface area contributed by atoms with E-state index in [2.05, 4.69) is 0 Å². The molecule has 0 saturated carbocycles. The van der Waals surface area contributed by atoms with Crippen LogP contribution < -0.4 is 4.90 Å². The van der Waals surface area contributed by atoms with Gasteiger partial charge in [0, 0.05) is 16.0 Å². The van der Waals surface area contributed by atoms with Crippen LogP contribution >= 0.6 is 11.3 Å². The number of fused-ring (bicyclic) bond motifs is 1. The number of benzene rings is 2. The van der Waals surface area contributed by atoms with Crippen LogP contribution in [0.1, 0.15) is 32.6 Å². The summed E-state index contributed by atoms with van der Waals surface area (Å²) in [5, 5.41) is 13.5. The van der Waals surface area contributed by atoms with E-state index < -0.39 is 23.5 Å². The zero-order chi connectivity index (χ0) is 21.7. The molecule has 0 radical (unpaired) electrons. The van der Waals surface area contributed by atoms with Gasteiger partial charge < -0.3 is 9.52 Å². The molecule has 0 saturated heterocycles. The summed E-state index contributed by atoms with van der Waals surface area (Å²) >= 11 is 1.43. The van der Waals surface area contributed by atoms with Crippen LogP contribution in [0.5, 0.6) is 0 Å². The lowest BCUT2D eigenvalue weighted by atomic mass is 9.99. The number of furan rings is 1. The van der Waals surface area contributed by atoms with Crippen molar-refractivity contribution in [3.8, 4) is 0 Å². The van der Waals surface area contributed by atoms with Crippen molar-refractivity contribution in [1.29, 1.82) is 0 Å². The number of para-hydroxylation sites is 1. The number of aryl methyl sites for hydroxylation is 2. The average molecular weight is 429 g/mol. The molecule has 4 aromatic rings. The number of thiophene rings is 1. The predicted octanol–water partition coefficient (Wildman–Crippen LogP) is 5.89. The van der Waals surface area contributed by atoms with Gasteiger partial charge in [0.25, 0.3) is 5.91 Å². The van der Waals surface area contributed by atoms with Crippen LogP contribution in [-0.2, 0) is 4.79 Å². The van der Waals surface area contributed by atoms with Crippen molar-refractivity contribution in [2.24, 2.45) is 0 Å². The molecule has 5 nitrogen and oxygen atoms in total. The Hall–Kier alpha value is -3.64. The highest BCUT2D eigenvalue weighted by molar-refractivity contribution is 7.10. The first-order chi connectivity index (χ1) is 15.0. The Bertz CT molecular complexity index is 1330. The van der Waals surface area contributed by atoms with Crippen molar-refractivity contribution in [2.75, 3.05) is 4.90 Å². The summed E-state index contributed by atoms with van der Waals surface area (Å²) in [6, 6.07) is 17.6. The second-order valence-corrected chi connectivity index (χ2v) is 8.58. The molecular weight excluding hydrogens is 410 g/mol. The molecule has 0 bridgehead atoms. The monoisotopic (exact) mass is 429 g/mol. The summed E-state index contributed by atoms with van der Waals surface area (Å²) in [5.41, 5.74) is 3.36. The number of amides is 1. The van der Waals surface area contributed by atoms with Crippen molar-refractivity contribution in [3.63, 3.8) is 0 Å². The topological polar surface area (TPSA) is 70.8 Å². The molecule has 1 N–H and O–H groups in total. The Balaban J connectivity index is 1.65. The summed E-state index contributed by atoms with van der Waals surface area (Å²) in [7, 11) is 0. The molecular formula is C25H19NO4S. The number of anilines is 1. The molecule has 2 aromatic heterocycles.